The van der Waals surface area contributed by atoms with Crippen molar-refractivity contribution in [1.82, 2.24) is 19.6 Å². The minimum absolute atomic E-state index is 0.0492. The molecule has 0 aromatic carbocycles. The molecule has 0 aliphatic carbocycles. The van der Waals surface area contributed by atoms with Crippen molar-refractivity contribution in [2.75, 3.05) is 32.4 Å². The van der Waals surface area contributed by atoms with E-state index in [1.54, 1.807) is 24.5 Å². The van der Waals surface area contributed by atoms with Crippen molar-refractivity contribution < 1.29 is 18.0 Å². The molecule has 8 nitrogen and oxygen atoms in total. The van der Waals surface area contributed by atoms with Gasteiger partial charge in [-0.25, -0.2) is 22.7 Å². The van der Waals surface area contributed by atoms with Crippen LogP contribution in [0.2, 0.25) is 0 Å². The Bertz CT molecular complexity index is 1080. The predicted octanol–water partition coefficient (Wildman–Crippen LogP) is 3.72. The number of hydrogen-bond acceptors (Lipinski definition) is 7. The Hall–Kier alpha value is -1.53. The zero-order valence-electron chi connectivity index (χ0n) is 18.9. The molecular formula is C23H28Br2N4O4S. The van der Waals surface area contributed by atoms with Gasteiger partial charge in [-0.05, 0) is 94.9 Å². The molecule has 4 rings (SSSR count). The number of carbonyl (C=O) groups excluding carboxylic acids is 2. The molecule has 0 atom stereocenters. The molecule has 1 N–H and O–H groups in total. The molecule has 2 aliphatic heterocycles. The van der Waals surface area contributed by atoms with Crippen molar-refractivity contribution in [3.05, 3.63) is 57.0 Å². The van der Waals surface area contributed by atoms with E-state index in [4.69, 9.17) is 0 Å². The summed E-state index contributed by atoms with van der Waals surface area (Å²) in [6.07, 6.45) is 7.42. The lowest BCUT2D eigenvalue weighted by molar-refractivity contribution is 0.0873. The number of halogens is 2. The van der Waals surface area contributed by atoms with E-state index in [0.717, 1.165) is 36.1 Å². The first-order chi connectivity index (χ1) is 16.1. The first-order valence-corrected chi connectivity index (χ1v) is 14.6. The lowest BCUT2D eigenvalue weighted by Gasteiger charge is -2.29. The van der Waals surface area contributed by atoms with Gasteiger partial charge < -0.3 is 5.32 Å². The van der Waals surface area contributed by atoms with Crippen LogP contribution >= 0.6 is 31.9 Å². The fourth-order valence-electron chi connectivity index (χ4n) is 4.05. The lowest BCUT2D eigenvalue weighted by Crippen LogP contribution is -2.39. The van der Waals surface area contributed by atoms with Gasteiger partial charge in [-0.15, -0.1) is 0 Å². The van der Waals surface area contributed by atoms with Crippen LogP contribution in [-0.4, -0.2) is 66.7 Å². The van der Waals surface area contributed by atoms with E-state index in [-0.39, 0.29) is 23.4 Å². The molecular weight excluding hydrogens is 588 g/mol. The minimum atomic E-state index is -3.14. The zero-order valence-corrected chi connectivity index (χ0v) is 22.9. The Morgan fingerprint density at radius 3 is 1.68 bits per heavy atom. The van der Waals surface area contributed by atoms with E-state index in [9.17, 15) is 18.0 Å². The quantitative estimate of drug-likeness (QED) is 0.403. The van der Waals surface area contributed by atoms with Crippen LogP contribution in [0.3, 0.4) is 0 Å². The predicted molar refractivity (Wildman–Crippen MR) is 137 cm³/mol. The molecule has 2 fully saturated rings. The van der Waals surface area contributed by atoms with Crippen LogP contribution in [0.15, 0.2) is 45.9 Å². The van der Waals surface area contributed by atoms with Crippen molar-refractivity contribution in [3.63, 3.8) is 0 Å². The zero-order chi connectivity index (χ0) is 24.7. The number of aromatic nitrogens is 2. The summed E-state index contributed by atoms with van der Waals surface area (Å²) >= 11 is 6.48. The molecule has 0 bridgehead atoms. The summed E-state index contributed by atoms with van der Waals surface area (Å²) in [6, 6.07) is 7.12. The third-order valence-electron chi connectivity index (χ3n) is 6.03. The van der Waals surface area contributed by atoms with Crippen molar-refractivity contribution in [2.24, 2.45) is 11.8 Å². The molecule has 184 valence electrons. The van der Waals surface area contributed by atoms with Crippen LogP contribution in [0.5, 0.6) is 0 Å². The number of carbonyl (C=O) groups is 2. The highest BCUT2D eigenvalue weighted by molar-refractivity contribution is 9.10. The number of Topliss-reactive ketones (excluding diaryl/α,β-unsaturated/α-hetero) is 2. The monoisotopic (exact) mass is 614 g/mol. The van der Waals surface area contributed by atoms with Gasteiger partial charge in [0.25, 0.3) is 0 Å². The summed E-state index contributed by atoms with van der Waals surface area (Å²) in [5.41, 5.74) is 1.31. The number of sulfonamides is 1. The maximum atomic E-state index is 12.2. The van der Waals surface area contributed by atoms with Crippen LogP contribution in [0.4, 0.5) is 0 Å². The van der Waals surface area contributed by atoms with Gasteiger partial charge in [0.2, 0.25) is 10.0 Å². The van der Waals surface area contributed by atoms with Gasteiger partial charge >= 0.3 is 0 Å². The van der Waals surface area contributed by atoms with Crippen LogP contribution in [0, 0.1) is 11.8 Å². The molecule has 2 aromatic heterocycles. The molecule has 34 heavy (non-hydrogen) atoms. The maximum absolute atomic E-state index is 12.2. The molecule has 0 amide bonds. The number of ketones is 2. The largest absolute Gasteiger partial charge is 0.317 e. The van der Waals surface area contributed by atoms with Gasteiger partial charge in [0.05, 0.1) is 6.26 Å². The van der Waals surface area contributed by atoms with Gasteiger partial charge in [-0.2, -0.15) is 0 Å². The second kappa shape index (κ2) is 12.4. The first-order valence-electron chi connectivity index (χ1n) is 11.1. The Labute approximate surface area is 217 Å². The molecule has 11 heteroatoms. The van der Waals surface area contributed by atoms with E-state index in [1.165, 1.54) is 10.6 Å². The number of piperidine rings is 2. The minimum Gasteiger partial charge on any atom is -0.317 e. The Morgan fingerprint density at radius 1 is 0.853 bits per heavy atom. The highest BCUT2D eigenvalue weighted by atomic mass is 79.9. The van der Waals surface area contributed by atoms with Crippen LogP contribution in [-0.2, 0) is 10.0 Å². The van der Waals surface area contributed by atoms with E-state index in [1.807, 2.05) is 12.1 Å². The summed E-state index contributed by atoms with van der Waals surface area (Å²) in [6.45, 7) is 2.72. The number of nitrogens with zero attached hydrogens (tertiary/aromatic N) is 3. The summed E-state index contributed by atoms with van der Waals surface area (Å²) in [7, 11) is -3.14. The lowest BCUT2D eigenvalue weighted by atomic mass is 9.90. The van der Waals surface area contributed by atoms with Crippen molar-refractivity contribution in [2.45, 2.75) is 25.7 Å². The molecule has 2 aromatic rings. The average Bonchev–Trinajstić information content (AvgIpc) is 2.85. The van der Waals surface area contributed by atoms with Gasteiger partial charge in [0, 0.05) is 48.4 Å². The van der Waals surface area contributed by atoms with Gasteiger partial charge in [-0.1, -0.05) is 0 Å². The average molecular weight is 616 g/mol. The van der Waals surface area contributed by atoms with Gasteiger partial charge in [0.1, 0.15) is 9.21 Å². The molecule has 2 aliphatic rings. The SMILES string of the molecule is CS(=O)(=O)N1CCC(C(=O)c2ccc(Br)nc2)CC1.O=C(c1ccc(Br)nc1)C1CCNCC1. The number of rotatable bonds is 5. The van der Waals surface area contributed by atoms with E-state index in [0.29, 0.717) is 36.1 Å². The summed E-state index contributed by atoms with van der Waals surface area (Å²) in [4.78, 5) is 32.4. The molecule has 0 radical (unpaired) electrons. The Kier molecular flexibility index (Phi) is 9.90. The summed E-state index contributed by atoms with van der Waals surface area (Å²) in [5.74, 6) is 0.347. The highest BCUT2D eigenvalue weighted by Crippen LogP contribution is 2.23. The van der Waals surface area contributed by atoms with Crippen LogP contribution in [0.1, 0.15) is 46.4 Å². The smallest absolute Gasteiger partial charge is 0.211 e. The second-order valence-electron chi connectivity index (χ2n) is 8.43. The van der Waals surface area contributed by atoms with Crippen molar-refractivity contribution in [1.29, 1.82) is 0 Å². The van der Waals surface area contributed by atoms with Gasteiger partial charge in [0.15, 0.2) is 11.6 Å². The van der Waals surface area contributed by atoms with E-state index < -0.39 is 10.0 Å². The molecule has 0 unspecified atom stereocenters. The summed E-state index contributed by atoms with van der Waals surface area (Å²) in [5, 5.41) is 3.25. The third-order valence-corrected chi connectivity index (χ3v) is 8.27. The van der Waals surface area contributed by atoms with Crippen LogP contribution in [0.25, 0.3) is 0 Å². The molecule has 4 heterocycles. The Balaban J connectivity index is 0.000000196. The van der Waals surface area contributed by atoms with E-state index in [2.05, 4.69) is 47.1 Å². The van der Waals surface area contributed by atoms with Gasteiger partial charge in [-0.3, -0.25) is 9.59 Å². The third kappa shape index (κ3) is 7.74. The number of hydrogen-bond donors (Lipinski definition) is 1. The second-order valence-corrected chi connectivity index (χ2v) is 12.0. The fraction of sp³-hybridized carbons (Fsp3) is 0.478. The topological polar surface area (TPSA) is 109 Å². The van der Waals surface area contributed by atoms with Crippen molar-refractivity contribution in [3.8, 4) is 0 Å². The highest BCUT2D eigenvalue weighted by Gasteiger charge is 2.29. The molecule has 2 saturated heterocycles. The Morgan fingerprint density at radius 2 is 1.29 bits per heavy atom. The fourth-order valence-corrected chi connectivity index (χ4v) is 5.39. The van der Waals surface area contributed by atoms with Crippen molar-refractivity contribution >= 4 is 53.4 Å². The van der Waals surface area contributed by atoms with E-state index >= 15 is 0 Å². The standard InChI is InChI=1S/C12H15BrN2O3S.C11H13BrN2O/c1-19(17,18)15-6-4-9(5-7-15)12(16)10-2-3-11(13)14-8-10;12-10-2-1-9(7-14-10)11(15)8-3-5-13-6-4-8/h2-3,8-9H,4-7H2,1H3;1-2,7-8,13H,3-6H2. The maximum Gasteiger partial charge on any atom is 0.211 e. The summed E-state index contributed by atoms with van der Waals surface area (Å²) < 4.78 is 25.7. The number of nitrogens with one attached hydrogen (secondary N) is 1. The molecule has 0 spiro atoms. The number of pyridine rings is 2. The normalized spacial score (nSPS) is 18.1. The van der Waals surface area contributed by atoms with Crippen LogP contribution < -0.4 is 5.32 Å². The molecule has 0 saturated carbocycles. The first kappa shape index (κ1) is 27.1.